The van der Waals surface area contributed by atoms with Crippen LogP contribution in [0.1, 0.15) is 11.3 Å². The summed E-state index contributed by atoms with van der Waals surface area (Å²) in [5.74, 6) is -0.126. The lowest BCUT2D eigenvalue weighted by Crippen LogP contribution is -2.03. The van der Waals surface area contributed by atoms with Crippen molar-refractivity contribution in [3.8, 4) is 5.75 Å². The molecule has 0 aliphatic rings. The molecule has 0 spiro atoms. The number of halogens is 1. The molecule has 0 unspecified atom stereocenters. The Bertz CT molecular complexity index is 694. The Labute approximate surface area is 119 Å². The Kier molecular flexibility index (Phi) is 3.66. The maximum atomic E-state index is 13.8. The second kappa shape index (κ2) is 5.60. The molecule has 0 fully saturated rings. The Hall–Kier alpha value is -1.92. The van der Waals surface area contributed by atoms with Crippen molar-refractivity contribution in [2.24, 2.45) is 5.73 Å². The summed E-state index contributed by atoms with van der Waals surface area (Å²) in [6.07, 6.45) is 4.47. The van der Waals surface area contributed by atoms with Crippen LogP contribution in [-0.2, 0) is 13.0 Å². The van der Waals surface area contributed by atoms with Gasteiger partial charge in [0.2, 0.25) is 0 Å². The molecule has 3 rings (SSSR count). The largest absolute Gasteiger partial charge is 0.484 e. The van der Waals surface area contributed by atoms with Gasteiger partial charge >= 0.3 is 0 Å². The molecule has 6 heteroatoms. The van der Waals surface area contributed by atoms with Gasteiger partial charge in [-0.1, -0.05) is 6.07 Å². The van der Waals surface area contributed by atoms with Crippen LogP contribution in [0.3, 0.4) is 0 Å². The predicted octanol–water partition coefficient (Wildman–Crippen LogP) is 2.62. The zero-order valence-electron chi connectivity index (χ0n) is 10.8. The van der Waals surface area contributed by atoms with Crippen LogP contribution in [0, 0.1) is 5.82 Å². The van der Waals surface area contributed by atoms with Crippen molar-refractivity contribution in [2.75, 3.05) is 6.54 Å². The topological polar surface area (TPSA) is 52.5 Å². The van der Waals surface area contributed by atoms with Gasteiger partial charge in [-0.25, -0.2) is 9.37 Å². The molecule has 0 radical (unpaired) electrons. The SMILES string of the molecule is NCCc1ccc(OCc2cn3ccsc3n2)c(F)c1. The molecule has 0 aliphatic carbocycles. The number of hydrogen-bond acceptors (Lipinski definition) is 4. The van der Waals surface area contributed by atoms with Gasteiger partial charge in [-0.2, -0.15) is 0 Å². The van der Waals surface area contributed by atoms with E-state index >= 15 is 0 Å². The van der Waals surface area contributed by atoms with Gasteiger partial charge in [0.15, 0.2) is 16.5 Å². The average molecular weight is 291 g/mol. The summed E-state index contributed by atoms with van der Waals surface area (Å²) in [4.78, 5) is 5.29. The first-order valence-electron chi connectivity index (χ1n) is 6.28. The lowest BCUT2D eigenvalue weighted by molar-refractivity contribution is 0.286. The van der Waals surface area contributed by atoms with E-state index in [1.54, 1.807) is 17.4 Å². The van der Waals surface area contributed by atoms with Crippen molar-refractivity contribution in [1.29, 1.82) is 0 Å². The Morgan fingerprint density at radius 1 is 1.40 bits per heavy atom. The van der Waals surface area contributed by atoms with E-state index in [2.05, 4.69) is 4.98 Å². The van der Waals surface area contributed by atoms with Crippen LogP contribution >= 0.6 is 11.3 Å². The second-order valence-electron chi connectivity index (χ2n) is 4.42. The maximum Gasteiger partial charge on any atom is 0.193 e. The minimum atomic E-state index is -0.364. The van der Waals surface area contributed by atoms with Gasteiger partial charge < -0.3 is 10.5 Å². The summed E-state index contributed by atoms with van der Waals surface area (Å²) in [6, 6.07) is 4.93. The molecule has 0 aliphatic heterocycles. The van der Waals surface area contributed by atoms with Crippen LogP contribution in [0.4, 0.5) is 4.39 Å². The fraction of sp³-hybridized carbons (Fsp3) is 0.214. The monoisotopic (exact) mass is 291 g/mol. The molecule has 20 heavy (non-hydrogen) atoms. The van der Waals surface area contributed by atoms with Gasteiger partial charge in [-0.15, -0.1) is 11.3 Å². The third-order valence-corrected chi connectivity index (χ3v) is 3.72. The van der Waals surface area contributed by atoms with E-state index in [-0.39, 0.29) is 18.2 Å². The third-order valence-electron chi connectivity index (χ3n) is 2.95. The molecule has 0 saturated carbocycles. The molecule has 1 aromatic carbocycles. The van der Waals surface area contributed by atoms with Crippen molar-refractivity contribution >= 4 is 16.3 Å². The molecule has 0 saturated heterocycles. The zero-order valence-corrected chi connectivity index (χ0v) is 11.6. The molecular formula is C14H14FN3OS. The van der Waals surface area contributed by atoms with Crippen molar-refractivity contribution in [3.63, 3.8) is 0 Å². The molecule has 2 N–H and O–H groups in total. The van der Waals surface area contributed by atoms with Crippen LogP contribution in [-0.4, -0.2) is 15.9 Å². The normalized spacial score (nSPS) is 11.1. The lowest BCUT2D eigenvalue weighted by atomic mass is 10.1. The molecule has 4 nitrogen and oxygen atoms in total. The van der Waals surface area contributed by atoms with Gasteiger partial charge in [0, 0.05) is 17.8 Å². The minimum absolute atomic E-state index is 0.238. The minimum Gasteiger partial charge on any atom is -0.484 e. The zero-order chi connectivity index (χ0) is 13.9. The highest BCUT2D eigenvalue weighted by molar-refractivity contribution is 7.15. The van der Waals surface area contributed by atoms with Gasteiger partial charge in [0.05, 0.1) is 5.69 Å². The van der Waals surface area contributed by atoms with E-state index in [0.29, 0.717) is 13.0 Å². The highest BCUT2D eigenvalue weighted by atomic mass is 32.1. The first-order valence-corrected chi connectivity index (χ1v) is 7.16. The quantitative estimate of drug-likeness (QED) is 0.786. The van der Waals surface area contributed by atoms with Crippen molar-refractivity contribution in [3.05, 3.63) is 53.0 Å². The molecule has 0 atom stereocenters. The molecule has 0 bridgehead atoms. The number of ether oxygens (including phenoxy) is 1. The van der Waals surface area contributed by atoms with E-state index in [4.69, 9.17) is 10.5 Å². The first kappa shape index (κ1) is 13.1. The van der Waals surface area contributed by atoms with Gasteiger partial charge in [0.25, 0.3) is 0 Å². The van der Waals surface area contributed by atoms with E-state index in [0.717, 1.165) is 16.2 Å². The molecule has 2 aromatic heterocycles. The number of nitrogens with two attached hydrogens (primary N) is 1. The van der Waals surface area contributed by atoms with Gasteiger partial charge in [-0.3, -0.25) is 4.40 Å². The smallest absolute Gasteiger partial charge is 0.193 e. The summed E-state index contributed by atoms with van der Waals surface area (Å²) < 4.78 is 21.2. The molecule has 0 amide bonds. The Balaban J connectivity index is 1.70. The number of fused-ring (bicyclic) bond motifs is 1. The van der Waals surface area contributed by atoms with Crippen molar-refractivity contribution in [1.82, 2.24) is 9.38 Å². The number of hydrogen-bond donors (Lipinski definition) is 1. The van der Waals surface area contributed by atoms with Gasteiger partial charge in [0.1, 0.15) is 6.61 Å². The van der Waals surface area contributed by atoms with E-state index in [9.17, 15) is 4.39 Å². The number of imidazole rings is 1. The fourth-order valence-electron chi connectivity index (χ4n) is 1.98. The van der Waals surface area contributed by atoms with E-state index < -0.39 is 0 Å². The summed E-state index contributed by atoms with van der Waals surface area (Å²) in [5.41, 5.74) is 7.10. The Morgan fingerprint density at radius 3 is 3.05 bits per heavy atom. The second-order valence-corrected chi connectivity index (χ2v) is 5.29. The maximum absolute atomic E-state index is 13.8. The molecule has 3 aromatic rings. The summed E-state index contributed by atoms with van der Waals surface area (Å²) in [6.45, 7) is 0.757. The fourth-order valence-corrected chi connectivity index (χ4v) is 2.70. The van der Waals surface area contributed by atoms with Gasteiger partial charge in [-0.05, 0) is 30.7 Å². The molecule has 2 heterocycles. The number of rotatable bonds is 5. The van der Waals surface area contributed by atoms with Crippen molar-refractivity contribution < 1.29 is 9.13 Å². The average Bonchev–Trinajstić information content (AvgIpc) is 2.99. The van der Waals surface area contributed by atoms with Crippen LogP contribution in [0.2, 0.25) is 0 Å². The first-order chi connectivity index (χ1) is 9.76. The summed E-state index contributed by atoms with van der Waals surface area (Å²) in [5, 5.41) is 1.96. The van der Waals surface area contributed by atoms with Crippen LogP contribution in [0.15, 0.2) is 36.0 Å². The highest BCUT2D eigenvalue weighted by Gasteiger charge is 2.07. The summed E-state index contributed by atoms with van der Waals surface area (Å²) >= 11 is 1.55. The molecular weight excluding hydrogens is 277 g/mol. The van der Waals surface area contributed by atoms with E-state index in [1.807, 2.05) is 28.2 Å². The standard InChI is InChI=1S/C14H14FN3OS/c15-12-7-10(3-4-16)1-2-13(12)19-9-11-8-18-5-6-20-14(18)17-11/h1-2,5-8H,3-4,9,16H2. The number of aromatic nitrogens is 2. The van der Waals surface area contributed by atoms with Crippen LogP contribution in [0.5, 0.6) is 5.75 Å². The van der Waals surface area contributed by atoms with E-state index in [1.165, 1.54) is 6.07 Å². The number of nitrogens with zero attached hydrogens (tertiary/aromatic N) is 2. The number of thiazole rings is 1. The Morgan fingerprint density at radius 2 is 2.30 bits per heavy atom. The highest BCUT2D eigenvalue weighted by Crippen LogP contribution is 2.20. The van der Waals surface area contributed by atoms with Crippen LogP contribution in [0.25, 0.3) is 4.96 Å². The van der Waals surface area contributed by atoms with Crippen molar-refractivity contribution in [2.45, 2.75) is 13.0 Å². The summed E-state index contributed by atoms with van der Waals surface area (Å²) in [7, 11) is 0. The lowest BCUT2D eigenvalue weighted by Gasteiger charge is -2.07. The number of benzene rings is 1. The van der Waals surface area contributed by atoms with Crippen LogP contribution < -0.4 is 10.5 Å². The molecule has 104 valence electrons. The third kappa shape index (κ3) is 2.66. The predicted molar refractivity (Wildman–Crippen MR) is 76.6 cm³/mol.